The maximum absolute atomic E-state index is 13.0. The summed E-state index contributed by atoms with van der Waals surface area (Å²) < 4.78 is 0. The SMILES string of the molecule is CC(C)CNC(=O)C(C)N(Cc1ccccc1Cl)C(=O)CCSc1ccccc1. The second-order valence-electron chi connectivity index (χ2n) is 7.34. The highest BCUT2D eigenvalue weighted by atomic mass is 35.5. The van der Waals surface area contributed by atoms with Gasteiger partial charge in [-0.3, -0.25) is 9.59 Å². The van der Waals surface area contributed by atoms with Crippen LogP contribution >= 0.6 is 23.4 Å². The average molecular weight is 433 g/mol. The molecule has 1 atom stereocenters. The van der Waals surface area contributed by atoms with E-state index < -0.39 is 6.04 Å². The summed E-state index contributed by atoms with van der Waals surface area (Å²) in [7, 11) is 0. The van der Waals surface area contributed by atoms with Gasteiger partial charge in [0, 0.05) is 35.2 Å². The van der Waals surface area contributed by atoms with Crippen molar-refractivity contribution in [3.05, 3.63) is 65.2 Å². The number of rotatable bonds is 10. The Labute approximate surface area is 183 Å². The molecule has 0 spiro atoms. The molecule has 2 amide bonds. The van der Waals surface area contributed by atoms with Crippen LogP contribution in [0.25, 0.3) is 0 Å². The molecule has 0 saturated carbocycles. The highest BCUT2D eigenvalue weighted by molar-refractivity contribution is 7.99. The van der Waals surface area contributed by atoms with Crippen LogP contribution in [0.2, 0.25) is 5.02 Å². The smallest absolute Gasteiger partial charge is 0.242 e. The second kappa shape index (κ2) is 11.9. The highest BCUT2D eigenvalue weighted by Gasteiger charge is 2.26. The summed E-state index contributed by atoms with van der Waals surface area (Å²) in [5, 5.41) is 3.52. The topological polar surface area (TPSA) is 49.4 Å². The first-order valence-electron chi connectivity index (χ1n) is 9.87. The van der Waals surface area contributed by atoms with Crippen molar-refractivity contribution in [2.24, 2.45) is 5.92 Å². The normalized spacial score (nSPS) is 11.9. The molecule has 2 aromatic rings. The Morgan fingerprint density at radius 1 is 1.03 bits per heavy atom. The molecule has 0 saturated heterocycles. The fourth-order valence-electron chi connectivity index (χ4n) is 2.76. The summed E-state index contributed by atoms with van der Waals surface area (Å²) in [5.74, 6) is 0.805. The molecule has 0 bridgehead atoms. The van der Waals surface area contributed by atoms with Crippen LogP contribution in [0.4, 0.5) is 0 Å². The molecule has 4 nitrogen and oxygen atoms in total. The molecule has 156 valence electrons. The number of hydrogen-bond acceptors (Lipinski definition) is 3. The number of thioether (sulfide) groups is 1. The van der Waals surface area contributed by atoms with Gasteiger partial charge in [-0.05, 0) is 36.6 Å². The van der Waals surface area contributed by atoms with Gasteiger partial charge in [0.05, 0.1) is 0 Å². The van der Waals surface area contributed by atoms with Crippen molar-refractivity contribution < 1.29 is 9.59 Å². The van der Waals surface area contributed by atoms with Crippen molar-refractivity contribution in [3.8, 4) is 0 Å². The Hall–Kier alpha value is -1.98. The third-order valence-electron chi connectivity index (χ3n) is 4.48. The molecular formula is C23H29ClN2O2S. The number of carbonyl (C=O) groups is 2. The number of nitrogens with one attached hydrogen (secondary N) is 1. The van der Waals surface area contributed by atoms with Gasteiger partial charge in [-0.15, -0.1) is 11.8 Å². The molecule has 0 aliphatic carbocycles. The van der Waals surface area contributed by atoms with E-state index in [9.17, 15) is 9.59 Å². The van der Waals surface area contributed by atoms with Crippen molar-refractivity contribution in [3.63, 3.8) is 0 Å². The molecule has 29 heavy (non-hydrogen) atoms. The number of halogens is 1. The van der Waals surface area contributed by atoms with Gasteiger partial charge < -0.3 is 10.2 Å². The molecule has 2 aromatic carbocycles. The molecule has 2 rings (SSSR count). The maximum atomic E-state index is 13.0. The molecule has 0 radical (unpaired) electrons. The lowest BCUT2D eigenvalue weighted by Crippen LogP contribution is -2.48. The van der Waals surface area contributed by atoms with E-state index in [4.69, 9.17) is 11.6 Å². The molecule has 1 N–H and O–H groups in total. The molecule has 0 heterocycles. The number of benzene rings is 2. The van der Waals surface area contributed by atoms with Gasteiger partial charge >= 0.3 is 0 Å². The van der Waals surface area contributed by atoms with Crippen LogP contribution < -0.4 is 5.32 Å². The first-order valence-corrected chi connectivity index (χ1v) is 11.2. The van der Waals surface area contributed by atoms with Crippen LogP contribution in [0, 0.1) is 5.92 Å². The third-order valence-corrected chi connectivity index (χ3v) is 5.86. The zero-order chi connectivity index (χ0) is 21.2. The summed E-state index contributed by atoms with van der Waals surface area (Å²) in [4.78, 5) is 28.4. The van der Waals surface area contributed by atoms with Gasteiger partial charge in [-0.25, -0.2) is 0 Å². The fourth-order valence-corrected chi connectivity index (χ4v) is 3.82. The fraction of sp³-hybridized carbons (Fsp3) is 0.391. The van der Waals surface area contributed by atoms with Crippen LogP contribution in [0.3, 0.4) is 0 Å². The van der Waals surface area contributed by atoms with E-state index in [1.807, 2.05) is 62.4 Å². The zero-order valence-corrected chi connectivity index (χ0v) is 18.8. The summed E-state index contributed by atoms with van der Waals surface area (Å²) in [6.45, 7) is 6.75. The third kappa shape index (κ3) is 7.75. The molecule has 0 aromatic heterocycles. The number of amides is 2. The molecule has 0 aliphatic heterocycles. The van der Waals surface area contributed by atoms with Gasteiger partial charge in [0.25, 0.3) is 0 Å². The standard InChI is InChI=1S/C23H29ClN2O2S/c1-17(2)15-25-23(28)18(3)26(16-19-9-7-8-12-21(19)24)22(27)13-14-29-20-10-5-4-6-11-20/h4-12,17-18H,13-16H2,1-3H3,(H,25,28). The minimum atomic E-state index is -0.570. The zero-order valence-electron chi connectivity index (χ0n) is 17.2. The molecule has 0 aliphatic rings. The lowest BCUT2D eigenvalue weighted by molar-refractivity contribution is -0.140. The van der Waals surface area contributed by atoms with Gasteiger partial charge in [-0.1, -0.05) is 61.8 Å². The summed E-state index contributed by atoms with van der Waals surface area (Å²) >= 11 is 7.94. The Kier molecular flexibility index (Phi) is 9.55. The molecule has 0 fully saturated rings. The van der Waals surface area contributed by atoms with E-state index in [-0.39, 0.29) is 11.8 Å². The van der Waals surface area contributed by atoms with E-state index in [0.29, 0.717) is 36.2 Å². The summed E-state index contributed by atoms with van der Waals surface area (Å²) in [5.41, 5.74) is 0.835. The second-order valence-corrected chi connectivity index (χ2v) is 8.92. The van der Waals surface area contributed by atoms with Crippen LogP contribution in [0.5, 0.6) is 0 Å². The average Bonchev–Trinajstić information content (AvgIpc) is 2.71. The predicted octanol–water partition coefficient (Wildman–Crippen LogP) is 5.01. The lowest BCUT2D eigenvalue weighted by atomic mass is 10.1. The minimum absolute atomic E-state index is 0.0550. The van der Waals surface area contributed by atoms with Crippen LogP contribution in [-0.2, 0) is 16.1 Å². The highest BCUT2D eigenvalue weighted by Crippen LogP contribution is 2.21. The van der Waals surface area contributed by atoms with Crippen molar-refractivity contribution in [1.82, 2.24) is 10.2 Å². The lowest BCUT2D eigenvalue weighted by Gasteiger charge is -2.29. The number of carbonyl (C=O) groups excluding carboxylic acids is 2. The van der Waals surface area contributed by atoms with E-state index in [2.05, 4.69) is 5.32 Å². The van der Waals surface area contributed by atoms with Crippen LogP contribution in [0.15, 0.2) is 59.5 Å². The van der Waals surface area contributed by atoms with E-state index in [0.717, 1.165) is 10.5 Å². The summed E-state index contributed by atoms with van der Waals surface area (Å²) in [6.07, 6.45) is 0.353. The predicted molar refractivity (Wildman–Crippen MR) is 121 cm³/mol. The van der Waals surface area contributed by atoms with Crippen molar-refractivity contribution in [1.29, 1.82) is 0 Å². The Morgan fingerprint density at radius 2 is 1.69 bits per heavy atom. The van der Waals surface area contributed by atoms with Crippen LogP contribution in [0.1, 0.15) is 32.8 Å². The number of hydrogen-bond donors (Lipinski definition) is 1. The number of nitrogens with zero attached hydrogens (tertiary/aromatic N) is 1. The first kappa shape index (κ1) is 23.3. The molecule has 1 unspecified atom stereocenters. The first-order chi connectivity index (χ1) is 13.9. The van der Waals surface area contributed by atoms with E-state index in [1.165, 1.54) is 0 Å². The summed E-state index contributed by atoms with van der Waals surface area (Å²) in [6, 6.07) is 16.8. The Morgan fingerprint density at radius 3 is 2.34 bits per heavy atom. The quantitative estimate of drug-likeness (QED) is 0.537. The van der Waals surface area contributed by atoms with E-state index in [1.54, 1.807) is 29.7 Å². The molecular weight excluding hydrogens is 404 g/mol. The van der Waals surface area contributed by atoms with Crippen molar-refractivity contribution >= 4 is 35.2 Å². The maximum Gasteiger partial charge on any atom is 0.242 e. The van der Waals surface area contributed by atoms with Gasteiger partial charge in [0.2, 0.25) is 11.8 Å². The monoisotopic (exact) mass is 432 g/mol. The van der Waals surface area contributed by atoms with Gasteiger partial charge in [-0.2, -0.15) is 0 Å². The van der Waals surface area contributed by atoms with Gasteiger partial charge in [0.1, 0.15) is 6.04 Å². The Bertz CT molecular complexity index is 798. The van der Waals surface area contributed by atoms with Crippen molar-refractivity contribution in [2.45, 2.75) is 44.7 Å². The minimum Gasteiger partial charge on any atom is -0.354 e. The molecule has 6 heteroatoms. The largest absolute Gasteiger partial charge is 0.354 e. The van der Waals surface area contributed by atoms with Crippen LogP contribution in [-0.4, -0.2) is 35.1 Å². The van der Waals surface area contributed by atoms with Gasteiger partial charge in [0.15, 0.2) is 0 Å². The van der Waals surface area contributed by atoms with Crippen molar-refractivity contribution in [2.75, 3.05) is 12.3 Å². The Balaban J connectivity index is 2.06. The van der Waals surface area contributed by atoms with E-state index >= 15 is 0 Å².